The molecule has 0 bridgehead atoms. The third kappa shape index (κ3) is 3.55. The number of halogens is 2. The van der Waals surface area contributed by atoms with Crippen molar-refractivity contribution in [3.05, 3.63) is 40.5 Å². The van der Waals surface area contributed by atoms with Gasteiger partial charge in [-0.05, 0) is 30.5 Å². The number of aromatic amines is 1. The van der Waals surface area contributed by atoms with Crippen LogP contribution in [-0.4, -0.2) is 30.2 Å². The van der Waals surface area contributed by atoms with Crippen molar-refractivity contribution in [1.29, 1.82) is 0 Å². The number of thiophene rings is 1. The molecule has 26 heavy (non-hydrogen) atoms. The molecule has 0 saturated heterocycles. The number of aromatic nitrogens is 2. The van der Waals surface area contributed by atoms with Crippen LogP contribution in [0.3, 0.4) is 0 Å². The largest absolute Gasteiger partial charge is 0.493 e. The smallest absolute Gasteiger partial charge is 0.282 e. The monoisotopic (exact) mass is 380 g/mol. The Morgan fingerprint density at radius 1 is 1.19 bits per heavy atom. The van der Waals surface area contributed by atoms with Gasteiger partial charge in [0, 0.05) is 29.3 Å². The number of H-pyrrole nitrogens is 1. The van der Waals surface area contributed by atoms with E-state index in [4.69, 9.17) is 9.47 Å². The lowest BCUT2D eigenvalue weighted by Crippen LogP contribution is -2.14. The summed E-state index contributed by atoms with van der Waals surface area (Å²) in [5, 5.41) is 7.10. The van der Waals surface area contributed by atoms with E-state index in [9.17, 15) is 13.6 Å². The Morgan fingerprint density at radius 2 is 1.88 bits per heavy atom. The van der Waals surface area contributed by atoms with Crippen LogP contribution in [0.2, 0.25) is 0 Å². The number of carbonyl (C=O) groups excluding carboxylic acids is 1. The minimum atomic E-state index is -3.11. The number of fused-ring (bicyclic) bond motifs is 1. The summed E-state index contributed by atoms with van der Waals surface area (Å²) in [5.41, 5.74) is 0.900. The zero-order valence-electron chi connectivity index (χ0n) is 14.6. The van der Waals surface area contributed by atoms with E-state index in [2.05, 4.69) is 10.2 Å². The molecule has 5 nitrogen and oxygen atoms in total. The van der Waals surface area contributed by atoms with Gasteiger partial charge in [0.15, 0.2) is 17.3 Å². The first-order valence-electron chi connectivity index (χ1n) is 7.93. The molecule has 1 N–H and O–H groups in total. The number of ketones is 1. The van der Waals surface area contributed by atoms with Gasteiger partial charge in [0.25, 0.3) is 5.92 Å². The van der Waals surface area contributed by atoms with Crippen LogP contribution in [-0.2, 0) is 5.92 Å². The fourth-order valence-corrected chi connectivity index (χ4v) is 3.71. The van der Waals surface area contributed by atoms with Crippen molar-refractivity contribution in [3.63, 3.8) is 0 Å². The van der Waals surface area contributed by atoms with Gasteiger partial charge in [-0.3, -0.25) is 9.89 Å². The van der Waals surface area contributed by atoms with E-state index in [-0.39, 0.29) is 17.0 Å². The number of Topliss-reactive ketones (excluding diaryl/α,β-unsaturated/α-hetero) is 1. The number of hydrogen-bond donors (Lipinski definition) is 1. The Hall–Kier alpha value is -2.48. The highest BCUT2D eigenvalue weighted by atomic mass is 32.1. The summed E-state index contributed by atoms with van der Waals surface area (Å²) in [4.78, 5) is 11.9. The molecule has 0 spiro atoms. The SMILES string of the molecule is COc1cc2cc(C(F)(F)CCC(=O)c3cc(C)[nH]n3)sc2cc1OC. The third-order valence-corrected chi connectivity index (χ3v) is 5.25. The van der Waals surface area contributed by atoms with Crippen molar-refractivity contribution in [1.82, 2.24) is 10.2 Å². The summed E-state index contributed by atoms with van der Waals surface area (Å²) >= 11 is 0.986. The Morgan fingerprint density at radius 3 is 2.50 bits per heavy atom. The van der Waals surface area contributed by atoms with Gasteiger partial charge in [0.2, 0.25) is 0 Å². The van der Waals surface area contributed by atoms with E-state index in [0.29, 0.717) is 27.3 Å². The minimum Gasteiger partial charge on any atom is -0.493 e. The molecule has 0 saturated carbocycles. The lowest BCUT2D eigenvalue weighted by molar-refractivity contribution is -0.0103. The number of benzene rings is 1. The maximum absolute atomic E-state index is 14.6. The average molecular weight is 380 g/mol. The number of alkyl halides is 2. The van der Waals surface area contributed by atoms with Crippen molar-refractivity contribution < 1.29 is 23.0 Å². The Kier molecular flexibility index (Phi) is 4.95. The molecule has 3 rings (SSSR count). The zero-order chi connectivity index (χ0) is 18.9. The second-order valence-electron chi connectivity index (χ2n) is 5.92. The standard InChI is InChI=1S/C18H18F2N2O3S/c1-10-6-12(22-21-10)13(23)4-5-18(19,20)17-8-11-7-14(24-2)15(25-3)9-16(11)26-17/h6-9H,4-5H2,1-3H3,(H,21,22). The molecule has 0 fully saturated rings. The number of nitrogens with zero attached hydrogens (tertiary/aromatic N) is 1. The number of carbonyl (C=O) groups is 1. The van der Waals surface area contributed by atoms with Gasteiger partial charge >= 0.3 is 0 Å². The molecule has 0 atom stereocenters. The van der Waals surface area contributed by atoms with Gasteiger partial charge in [0.05, 0.1) is 19.1 Å². The summed E-state index contributed by atoms with van der Waals surface area (Å²) in [6, 6.07) is 6.33. The number of hydrogen-bond acceptors (Lipinski definition) is 5. The van der Waals surface area contributed by atoms with E-state index in [1.807, 2.05) is 0 Å². The molecular formula is C18H18F2N2O3S. The first-order valence-corrected chi connectivity index (χ1v) is 8.75. The molecule has 0 amide bonds. The molecule has 3 aromatic rings. The number of nitrogens with one attached hydrogen (secondary N) is 1. The van der Waals surface area contributed by atoms with Crippen molar-refractivity contribution in [2.75, 3.05) is 14.2 Å². The van der Waals surface area contributed by atoms with Crippen LogP contribution >= 0.6 is 11.3 Å². The summed E-state index contributed by atoms with van der Waals surface area (Å²) in [5.74, 6) is -2.54. The molecule has 0 aliphatic heterocycles. The molecule has 0 aliphatic carbocycles. The van der Waals surface area contributed by atoms with Crippen LogP contribution in [0.1, 0.15) is 33.9 Å². The van der Waals surface area contributed by atoms with Gasteiger partial charge in [-0.1, -0.05) is 0 Å². The van der Waals surface area contributed by atoms with E-state index in [1.165, 1.54) is 20.3 Å². The predicted molar refractivity (Wildman–Crippen MR) is 95.7 cm³/mol. The topological polar surface area (TPSA) is 64.2 Å². The Labute approximate surface area is 152 Å². The van der Waals surface area contributed by atoms with Crippen molar-refractivity contribution in [2.45, 2.75) is 25.7 Å². The highest BCUT2D eigenvalue weighted by Crippen LogP contribution is 2.43. The lowest BCUT2D eigenvalue weighted by Gasteiger charge is -2.13. The van der Waals surface area contributed by atoms with Gasteiger partial charge in [0.1, 0.15) is 5.69 Å². The van der Waals surface area contributed by atoms with E-state index >= 15 is 0 Å². The molecule has 0 aliphatic rings. The average Bonchev–Trinajstić information content (AvgIpc) is 3.24. The summed E-state index contributed by atoms with van der Waals surface area (Å²) in [6.07, 6.45) is -0.850. The Balaban J connectivity index is 1.81. The number of rotatable bonds is 7. The van der Waals surface area contributed by atoms with Crippen LogP contribution in [0.5, 0.6) is 11.5 Å². The maximum Gasteiger partial charge on any atom is 0.282 e. The number of methoxy groups -OCH3 is 2. The highest BCUT2D eigenvalue weighted by molar-refractivity contribution is 7.19. The fraction of sp³-hybridized carbons (Fsp3) is 0.333. The molecule has 1 aromatic carbocycles. The second kappa shape index (κ2) is 7.03. The molecular weight excluding hydrogens is 362 g/mol. The lowest BCUT2D eigenvalue weighted by atomic mass is 10.1. The van der Waals surface area contributed by atoms with Crippen LogP contribution in [0.4, 0.5) is 8.78 Å². The number of aryl methyl sites for hydroxylation is 1. The van der Waals surface area contributed by atoms with Crippen LogP contribution in [0, 0.1) is 6.92 Å². The molecule has 8 heteroatoms. The summed E-state index contributed by atoms with van der Waals surface area (Å²) < 4.78 is 40.3. The summed E-state index contributed by atoms with van der Waals surface area (Å²) in [6.45, 7) is 1.75. The number of ether oxygens (including phenoxy) is 2. The predicted octanol–water partition coefficient (Wildman–Crippen LogP) is 4.70. The van der Waals surface area contributed by atoms with Crippen molar-refractivity contribution in [2.24, 2.45) is 0 Å². The van der Waals surface area contributed by atoms with Crippen LogP contribution in [0.15, 0.2) is 24.3 Å². The van der Waals surface area contributed by atoms with Crippen molar-refractivity contribution >= 4 is 27.2 Å². The molecule has 2 aromatic heterocycles. The first-order chi connectivity index (χ1) is 12.3. The maximum atomic E-state index is 14.6. The third-order valence-electron chi connectivity index (χ3n) is 4.04. The van der Waals surface area contributed by atoms with Crippen LogP contribution < -0.4 is 9.47 Å². The molecule has 138 valence electrons. The minimum absolute atomic E-state index is 0.0891. The molecule has 2 heterocycles. The van der Waals surface area contributed by atoms with Gasteiger partial charge < -0.3 is 9.47 Å². The zero-order valence-corrected chi connectivity index (χ0v) is 15.4. The van der Waals surface area contributed by atoms with Crippen molar-refractivity contribution in [3.8, 4) is 11.5 Å². The van der Waals surface area contributed by atoms with Crippen LogP contribution in [0.25, 0.3) is 10.1 Å². The van der Waals surface area contributed by atoms with Gasteiger partial charge in [-0.25, -0.2) is 8.78 Å². The summed E-state index contributed by atoms with van der Waals surface area (Å²) in [7, 11) is 2.99. The molecule has 0 radical (unpaired) electrons. The van der Waals surface area contributed by atoms with E-state index in [1.54, 1.807) is 25.1 Å². The second-order valence-corrected chi connectivity index (χ2v) is 7.00. The van der Waals surface area contributed by atoms with E-state index < -0.39 is 18.1 Å². The fourth-order valence-electron chi connectivity index (χ4n) is 2.63. The van der Waals surface area contributed by atoms with Gasteiger partial charge in [-0.15, -0.1) is 11.3 Å². The van der Waals surface area contributed by atoms with E-state index in [0.717, 1.165) is 11.3 Å². The first kappa shape index (κ1) is 18.3. The van der Waals surface area contributed by atoms with Gasteiger partial charge in [-0.2, -0.15) is 5.10 Å². The quantitative estimate of drug-likeness (QED) is 0.603. The molecule has 0 unspecified atom stereocenters. The highest BCUT2D eigenvalue weighted by Gasteiger charge is 2.34. The normalized spacial score (nSPS) is 11.7. The Bertz CT molecular complexity index is 908.